The molecule has 1 rings (SSSR count). The number of carbonyl (C=O) groups excluding carboxylic acids is 1. The van der Waals surface area contributed by atoms with Crippen LogP contribution in [0.25, 0.3) is 0 Å². The molecule has 10 heteroatoms. The largest absolute Gasteiger partial charge is 0.465 e. The van der Waals surface area contributed by atoms with Crippen LogP contribution in [0.2, 0.25) is 0 Å². The highest BCUT2D eigenvalue weighted by Crippen LogP contribution is 2.06. The van der Waals surface area contributed by atoms with Gasteiger partial charge < -0.3 is 40.0 Å². The van der Waals surface area contributed by atoms with E-state index in [9.17, 15) is 9.59 Å². The number of hydrogen-bond donors (Lipinski definition) is 4. The summed E-state index contributed by atoms with van der Waals surface area (Å²) in [6.07, 6.45) is 6.68. The van der Waals surface area contributed by atoms with Crippen LogP contribution < -0.4 is 16.0 Å². The second-order valence-corrected chi connectivity index (χ2v) is 9.57. The maximum absolute atomic E-state index is 13.2. The standard InChI is InChI=1S/C29H51N3O7/c1-36-18-10-4-12-20-38-24-26(39-21-13-5-11-19-37-2)23-32-28(33)27(16-8-9-17-30-29(34)35)31-22-25-14-6-3-7-15-25/h3,6-7,14-15,26-27,30-31H,4-5,8-13,16-24H2,1-2H3,(H,32,33)(H,34,35). The first-order valence-corrected chi connectivity index (χ1v) is 14.3. The fourth-order valence-corrected chi connectivity index (χ4v) is 3.95. The van der Waals surface area contributed by atoms with Crippen LogP contribution in [0.5, 0.6) is 0 Å². The Morgan fingerprint density at radius 1 is 0.821 bits per heavy atom. The van der Waals surface area contributed by atoms with Crippen LogP contribution in [-0.2, 0) is 30.3 Å². The third-order valence-corrected chi connectivity index (χ3v) is 6.20. The van der Waals surface area contributed by atoms with E-state index >= 15 is 0 Å². The number of nitrogens with one attached hydrogen (secondary N) is 3. The minimum atomic E-state index is -1.03. The van der Waals surface area contributed by atoms with Crippen molar-refractivity contribution in [1.82, 2.24) is 16.0 Å². The Balaban J connectivity index is 2.57. The fraction of sp³-hybridized carbons (Fsp3) is 0.724. The Kier molecular flexibility index (Phi) is 22.1. The van der Waals surface area contributed by atoms with Crippen LogP contribution in [0, 0.1) is 0 Å². The van der Waals surface area contributed by atoms with E-state index in [2.05, 4.69) is 16.0 Å². The number of benzene rings is 1. The molecule has 1 aromatic rings. The smallest absolute Gasteiger partial charge is 0.404 e. The zero-order valence-electron chi connectivity index (χ0n) is 24.0. The number of hydrogen-bond acceptors (Lipinski definition) is 7. The quantitative estimate of drug-likeness (QED) is 0.128. The van der Waals surface area contributed by atoms with Crippen molar-refractivity contribution < 1.29 is 33.6 Å². The normalized spacial score (nSPS) is 12.7. The van der Waals surface area contributed by atoms with E-state index in [-0.39, 0.29) is 12.0 Å². The summed E-state index contributed by atoms with van der Waals surface area (Å²) in [5.74, 6) is -0.0922. The zero-order chi connectivity index (χ0) is 28.4. The molecule has 10 nitrogen and oxygen atoms in total. The van der Waals surface area contributed by atoms with Gasteiger partial charge in [0.25, 0.3) is 0 Å². The summed E-state index contributed by atoms with van der Waals surface area (Å²) >= 11 is 0. The lowest BCUT2D eigenvalue weighted by molar-refractivity contribution is -0.124. The van der Waals surface area contributed by atoms with Gasteiger partial charge in [-0.25, -0.2) is 4.79 Å². The number of unbranched alkanes of at least 4 members (excludes halogenated alkanes) is 5. The molecule has 0 aliphatic heterocycles. The third-order valence-electron chi connectivity index (χ3n) is 6.20. The lowest BCUT2D eigenvalue weighted by Gasteiger charge is -2.22. The molecule has 2 unspecified atom stereocenters. The predicted octanol–water partition coefficient (Wildman–Crippen LogP) is 3.73. The van der Waals surface area contributed by atoms with Gasteiger partial charge in [-0.1, -0.05) is 30.3 Å². The maximum Gasteiger partial charge on any atom is 0.404 e. The summed E-state index contributed by atoms with van der Waals surface area (Å²) in [7, 11) is 3.41. The number of methoxy groups -OCH3 is 2. The summed E-state index contributed by atoms with van der Waals surface area (Å²) in [5.41, 5.74) is 1.09. The lowest BCUT2D eigenvalue weighted by atomic mass is 10.1. The molecule has 0 saturated carbocycles. The second-order valence-electron chi connectivity index (χ2n) is 9.57. The van der Waals surface area contributed by atoms with E-state index in [0.717, 1.165) is 57.3 Å². The molecule has 0 saturated heterocycles. The summed E-state index contributed by atoms with van der Waals surface area (Å²) in [6, 6.07) is 9.54. The number of amides is 2. The number of carboxylic acid groups (broad SMARTS) is 1. The Hall–Kier alpha value is -2.24. The van der Waals surface area contributed by atoms with Crippen molar-refractivity contribution in [2.24, 2.45) is 0 Å². The lowest BCUT2D eigenvalue weighted by Crippen LogP contribution is -2.47. The number of ether oxygens (including phenoxy) is 4. The van der Waals surface area contributed by atoms with E-state index in [1.807, 2.05) is 30.3 Å². The Morgan fingerprint density at radius 2 is 1.49 bits per heavy atom. The van der Waals surface area contributed by atoms with E-state index in [1.54, 1.807) is 14.2 Å². The van der Waals surface area contributed by atoms with Crippen LogP contribution >= 0.6 is 0 Å². The van der Waals surface area contributed by atoms with Gasteiger partial charge in [0.2, 0.25) is 5.91 Å². The Labute approximate surface area is 234 Å². The summed E-state index contributed by atoms with van der Waals surface area (Å²) in [5, 5.41) is 17.6. The summed E-state index contributed by atoms with van der Waals surface area (Å²) in [6.45, 7) is 4.48. The molecule has 1 aromatic carbocycles. The molecule has 0 aliphatic carbocycles. The topological polar surface area (TPSA) is 127 Å². The second kappa shape index (κ2) is 24.8. The van der Waals surface area contributed by atoms with Gasteiger partial charge in [0.1, 0.15) is 0 Å². The first-order chi connectivity index (χ1) is 19.1. The van der Waals surface area contributed by atoms with Gasteiger partial charge in [0, 0.05) is 60.3 Å². The highest BCUT2D eigenvalue weighted by molar-refractivity contribution is 5.81. The van der Waals surface area contributed by atoms with E-state index in [0.29, 0.717) is 58.7 Å². The van der Waals surface area contributed by atoms with Gasteiger partial charge in [-0.2, -0.15) is 0 Å². The predicted molar refractivity (Wildman–Crippen MR) is 152 cm³/mol. The van der Waals surface area contributed by atoms with E-state index in [1.165, 1.54) is 0 Å². The zero-order valence-corrected chi connectivity index (χ0v) is 24.0. The summed E-state index contributed by atoms with van der Waals surface area (Å²) < 4.78 is 22.1. The average Bonchev–Trinajstić information content (AvgIpc) is 2.94. The first-order valence-electron chi connectivity index (χ1n) is 14.3. The van der Waals surface area contributed by atoms with Gasteiger partial charge >= 0.3 is 6.09 Å². The minimum absolute atomic E-state index is 0.0922. The molecule has 224 valence electrons. The van der Waals surface area contributed by atoms with Crippen LogP contribution in [0.15, 0.2) is 30.3 Å². The van der Waals surface area contributed by atoms with Crippen molar-refractivity contribution in [2.75, 3.05) is 60.3 Å². The van der Waals surface area contributed by atoms with Crippen LogP contribution in [0.4, 0.5) is 4.79 Å². The van der Waals surface area contributed by atoms with Crippen molar-refractivity contribution in [2.45, 2.75) is 76.5 Å². The summed E-state index contributed by atoms with van der Waals surface area (Å²) in [4.78, 5) is 23.8. The molecule has 0 spiro atoms. The highest BCUT2D eigenvalue weighted by atomic mass is 16.5. The van der Waals surface area contributed by atoms with Gasteiger partial charge in [0.05, 0.1) is 18.8 Å². The molecular formula is C29H51N3O7. The minimum Gasteiger partial charge on any atom is -0.465 e. The first kappa shape index (κ1) is 34.8. The average molecular weight is 554 g/mol. The van der Waals surface area contributed by atoms with Crippen molar-refractivity contribution in [3.05, 3.63) is 35.9 Å². The maximum atomic E-state index is 13.2. The molecule has 0 radical (unpaired) electrons. The molecule has 0 aromatic heterocycles. The van der Waals surface area contributed by atoms with Crippen molar-refractivity contribution in [3.8, 4) is 0 Å². The van der Waals surface area contributed by atoms with Crippen LogP contribution in [0.1, 0.15) is 63.4 Å². The molecule has 4 N–H and O–H groups in total. The Morgan fingerprint density at radius 3 is 2.15 bits per heavy atom. The molecule has 0 bridgehead atoms. The third kappa shape index (κ3) is 20.3. The molecule has 0 fully saturated rings. The van der Waals surface area contributed by atoms with Gasteiger partial charge in [-0.05, 0) is 63.4 Å². The molecule has 0 aliphatic rings. The van der Waals surface area contributed by atoms with Crippen molar-refractivity contribution in [1.29, 1.82) is 0 Å². The monoisotopic (exact) mass is 553 g/mol. The molecule has 2 atom stereocenters. The molecule has 2 amide bonds. The van der Waals surface area contributed by atoms with Gasteiger partial charge in [-0.15, -0.1) is 0 Å². The highest BCUT2D eigenvalue weighted by Gasteiger charge is 2.19. The van der Waals surface area contributed by atoms with Gasteiger partial charge in [-0.3, -0.25) is 4.79 Å². The Bertz CT molecular complexity index is 724. The van der Waals surface area contributed by atoms with Crippen LogP contribution in [-0.4, -0.2) is 89.6 Å². The SMILES string of the molecule is COCCCCCOCC(CNC(=O)C(CCCCNC(=O)O)NCc1ccccc1)OCCCCCOC. The number of rotatable bonds is 26. The van der Waals surface area contributed by atoms with Crippen molar-refractivity contribution in [3.63, 3.8) is 0 Å². The van der Waals surface area contributed by atoms with Gasteiger partial charge in [0.15, 0.2) is 0 Å². The van der Waals surface area contributed by atoms with E-state index in [4.69, 9.17) is 24.1 Å². The fourth-order valence-electron chi connectivity index (χ4n) is 3.95. The van der Waals surface area contributed by atoms with Crippen molar-refractivity contribution >= 4 is 12.0 Å². The van der Waals surface area contributed by atoms with E-state index < -0.39 is 12.1 Å². The van der Waals surface area contributed by atoms with Crippen LogP contribution in [0.3, 0.4) is 0 Å². The molecular weight excluding hydrogens is 502 g/mol. The molecule has 39 heavy (non-hydrogen) atoms. The molecule has 0 heterocycles. The number of carbonyl (C=O) groups is 2.